The Hall–Kier alpha value is -2.37. The maximum atomic E-state index is 12.5. The van der Waals surface area contributed by atoms with Crippen LogP contribution in [-0.2, 0) is 11.3 Å². The third-order valence-corrected chi connectivity index (χ3v) is 4.33. The molecule has 1 aromatic heterocycles. The second-order valence-electron chi connectivity index (χ2n) is 5.68. The zero-order chi connectivity index (χ0) is 18.0. The topological polar surface area (TPSA) is 64.0 Å². The predicted molar refractivity (Wildman–Crippen MR) is 99.0 cm³/mol. The summed E-state index contributed by atoms with van der Waals surface area (Å²) in [5.74, 6) is -0.285. The molecule has 1 N–H and O–H groups in total. The van der Waals surface area contributed by atoms with Gasteiger partial charge in [0.1, 0.15) is 6.54 Å². The number of hydrogen-bond acceptors (Lipinski definition) is 3. The average molecular weight is 376 g/mol. The molecule has 0 fully saturated rings. The lowest BCUT2D eigenvalue weighted by Crippen LogP contribution is -2.34. The van der Waals surface area contributed by atoms with Gasteiger partial charge in [-0.2, -0.15) is 0 Å². The van der Waals surface area contributed by atoms with Crippen LogP contribution in [0.4, 0.5) is 0 Å². The van der Waals surface area contributed by atoms with E-state index >= 15 is 0 Å². The molecule has 128 valence electrons. The minimum absolute atomic E-state index is 0.119. The van der Waals surface area contributed by atoms with Crippen LogP contribution in [0.25, 0.3) is 10.9 Å². The van der Waals surface area contributed by atoms with E-state index in [0.29, 0.717) is 20.9 Å². The molecule has 0 spiro atoms. The molecule has 0 bridgehead atoms. The van der Waals surface area contributed by atoms with Crippen LogP contribution >= 0.6 is 23.2 Å². The zero-order valence-electron chi connectivity index (χ0n) is 13.4. The summed E-state index contributed by atoms with van der Waals surface area (Å²) in [4.78, 5) is 28.9. The van der Waals surface area contributed by atoms with E-state index in [1.54, 1.807) is 30.3 Å². The summed E-state index contributed by atoms with van der Waals surface area (Å²) in [6.45, 7) is 1.74. The van der Waals surface area contributed by atoms with E-state index in [2.05, 4.69) is 10.3 Å². The molecule has 0 saturated heterocycles. The molecule has 0 radical (unpaired) electrons. The molecule has 0 saturated carbocycles. The summed E-state index contributed by atoms with van der Waals surface area (Å²) in [6, 6.07) is 11.9. The highest BCUT2D eigenvalue weighted by atomic mass is 35.5. The van der Waals surface area contributed by atoms with Crippen LogP contribution in [-0.4, -0.2) is 15.5 Å². The van der Waals surface area contributed by atoms with Crippen LogP contribution in [0.1, 0.15) is 18.5 Å². The molecule has 0 aliphatic carbocycles. The Morgan fingerprint density at radius 3 is 2.56 bits per heavy atom. The average Bonchev–Trinajstić information content (AvgIpc) is 2.58. The number of halogens is 2. The third-order valence-electron chi connectivity index (χ3n) is 3.85. The molecule has 7 heteroatoms. The number of rotatable bonds is 4. The molecule has 5 nitrogen and oxygen atoms in total. The number of benzene rings is 2. The van der Waals surface area contributed by atoms with Crippen molar-refractivity contribution < 1.29 is 4.79 Å². The molecule has 0 unspecified atom stereocenters. The summed E-state index contributed by atoms with van der Waals surface area (Å²) in [5, 5.41) is 4.32. The van der Waals surface area contributed by atoms with Gasteiger partial charge >= 0.3 is 0 Å². The SMILES string of the molecule is C[C@H](NC(=O)Cn1cnc2ccc(Cl)cc2c1=O)c1ccc(Cl)cc1. The fourth-order valence-electron chi connectivity index (χ4n) is 2.52. The minimum atomic E-state index is -0.304. The number of aromatic nitrogens is 2. The summed E-state index contributed by atoms with van der Waals surface area (Å²) >= 11 is 11.8. The molecule has 25 heavy (non-hydrogen) atoms. The number of hydrogen-bond donors (Lipinski definition) is 1. The van der Waals surface area contributed by atoms with E-state index < -0.39 is 0 Å². The van der Waals surface area contributed by atoms with Crippen LogP contribution in [0.5, 0.6) is 0 Å². The van der Waals surface area contributed by atoms with Gasteiger partial charge < -0.3 is 5.32 Å². The van der Waals surface area contributed by atoms with Crippen LogP contribution in [0.15, 0.2) is 53.6 Å². The molecule has 1 amide bonds. The molecule has 2 aromatic carbocycles. The van der Waals surface area contributed by atoms with E-state index in [1.165, 1.54) is 10.9 Å². The Kier molecular flexibility index (Phi) is 5.06. The standard InChI is InChI=1S/C18H15Cl2N3O2/c1-11(12-2-4-13(19)5-3-12)22-17(24)9-23-10-21-16-7-6-14(20)8-15(16)18(23)25/h2-8,10-11H,9H2,1H3,(H,22,24)/t11-/m0/s1. The van der Waals surface area contributed by atoms with Gasteiger partial charge in [-0.15, -0.1) is 0 Å². The normalized spacial score (nSPS) is 12.1. The summed E-state index contributed by atoms with van der Waals surface area (Å²) in [6.07, 6.45) is 1.37. The highest BCUT2D eigenvalue weighted by Gasteiger charge is 2.12. The zero-order valence-corrected chi connectivity index (χ0v) is 14.9. The minimum Gasteiger partial charge on any atom is -0.348 e. The number of nitrogens with zero attached hydrogens (tertiary/aromatic N) is 2. The van der Waals surface area contributed by atoms with E-state index in [9.17, 15) is 9.59 Å². The van der Waals surface area contributed by atoms with Crippen molar-refractivity contribution in [2.24, 2.45) is 0 Å². The Morgan fingerprint density at radius 2 is 1.84 bits per heavy atom. The summed E-state index contributed by atoms with van der Waals surface area (Å²) < 4.78 is 1.27. The van der Waals surface area contributed by atoms with Gasteiger partial charge in [0.05, 0.1) is 23.3 Å². The summed E-state index contributed by atoms with van der Waals surface area (Å²) in [7, 11) is 0. The molecule has 0 aliphatic rings. The Balaban J connectivity index is 1.76. The van der Waals surface area contributed by atoms with Crippen molar-refractivity contribution in [1.29, 1.82) is 0 Å². The maximum Gasteiger partial charge on any atom is 0.261 e. The lowest BCUT2D eigenvalue weighted by atomic mass is 10.1. The number of fused-ring (bicyclic) bond motifs is 1. The highest BCUT2D eigenvalue weighted by Crippen LogP contribution is 2.16. The molecular weight excluding hydrogens is 361 g/mol. The van der Waals surface area contributed by atoms with Crippen molar-refractivity contribution in [2.45, 2.75) is 19.5 Å². The highest BCUT2D eigenvalue weighted by molar-refractivity contribution is 6.31. The molecule has 3 rings (SSSR count). The van der Waals surface area contributed by atoms with Gasteiger partial charge in [-0.1, -0.05) is 35.3 Å². The smallest absolute Gasteiger partial charge is 0.261 e. The maximum absolute atomic E-state index is 12.5. The van der Waals surface area contributed by atoms with Gasteiger partial charge in [-0.3, -0.25) is 14.2 Å². The number of carbonyl (C=O) groups is 1. The Bertz CT molecular complexity index is 984. The van der Waals surface area contributed by atoms with Gasteiger partial charge in [-0.05, 0) is 42.8 Å². The van der Waals surface area contributed by atoms with Crippen molar-refractivity contribution in [3.63, 3.8) is 0 Å². The fraction of sp³-hybridized carbons (Fsp3) is 0.167. The molecule has 1 heterocycles. The van der Waals surface area contributed by atoms with E-state index in [4.69, 9.17) is 23.2 Å². The molecule has 1 atom stereocenters. The Morgan fingerprint density at radius 1 is 1.16 bits per heavy atom. The first-order valence-electron chi connectivity index (χ1n) is 7.63. The van der Waals surface area contributed by atoms with Gasteiger partial charge in [0.15, 0.2) is 0 Å². The number of carbonyl (C=O) groups excluding carboxylic acids is 1. The predicted octanol–water partition coefficient (Wildman–Crippen LogP) is 3.58. The first-order valence-corrected chi connectivity index (χ1v) is 8.39. The quantitative estimate of drug-likeness (QED) is 0.757. The second-order valence-corrected chi connectivity index (χ2v) is 6.55. The van der Waals surface area contributed by atoms with Crippen LogP contribution in [0.2, 0.25) is 10.0 Å². The van der Waals surface area contributed by atoms with Crippen LogP contribution < -0.4 is 10.9 Å². The van der Waals surface area contributed by atoms with Crippen molar-refractivity contribution in [3.05, 3.63) is 74.8 Å². The van der Waals surface area contributed by atoms with Crippen molar-refractivity contribution in [1.82, 2.24) is 14.9 Å². The molecule has 3 aromatic rings. The Labute approximate surface area is 154 Å². The van der Waals surface area contributed by atoms with Crippen molar-refractivity contribution >= 4 is 40.0 Å². The lowest BCUT2D eigenvalue weighted by Gasteiger charge is -2.15. The van der Waals surface area contributed by atoms with Gasteiger partial charge in [0.2, 0.25) is 5.91 Å². The van der Waals surface area contributed by atoms with Crippen LogP contribution in [0.3, 0.4) is 0 Å². The first kappa shape index (κ1) is 17.5. The van der Waals surface area contributed by atoms with E-state index in [-0.39, 0.29) is 24.1 Å². The van der Waals surface area contributed by atoms with Crippen molar-refractivity contribution in [3.8, 4) is 0 Å². The number of amides is 1. The number of nitrogens with one attached hydrogen (secondary N) is 1. The molecule has 0 aliphatic heterocycles. The van der Waals surface area contributed by atoms with Gasteiger partial charge in [-0.25, -0.2) is 4.98 Å². The third kappa shape index (κ3) is 4.00. The second kappa shape index (κ2) is 7.25. The van der Waals surface area contributed by atoms with Gasteiger partial charge in [0, 0.05) is 10.0 Å². The van der Waals surface area contributed by atoms with E-state index in [1.807, 2.05) is 19.1 Å². The first-order chi connectivity index (χ1) is 11.9. The van der Waals surface area contributed by atoms with E-state index in [0.717, 1.165) is 5.56 Å². The molecular formula is C18H15Cl2N3O2. The van der Waals surface area contributed by atoms with Crippen molar-refractivity contribution in [2.75, 3.05) is 0 Å². The monoisotopic (exact) mass is 375 g/mol. The summed E-state index contributed by atoms with van der Waals surface area (Å²) in [5.41, 5.74) is 1.16. The van der Waals surface area contributed by atoms with Crippen LogP contribution in [0, 0.1) is 0 Å². The lowest BCUT2D eigenvalue weighted by molar-refractivity contribution is -0.122. The van der Waals surface area contributed by atoms with Gasteiger partial charge in [0.25, 0.3) is 5.56 Å². The fourth-order valence-corrected chi connectivity index (χ4v) is 2.82. The largest absolute Gasteiger partial charge is 0.348 e.